The molecular formula is C21H20N4O4S. The molecule has 1 saturated heterocycles. The Labute approximate surface area is 178 Å². The summed E-state index contributed by atoms with van der Waals surface area (Å²) in [6, 6.07) is 15.1. The van der Waals surface area contributed by atoms with Crippen LogP contribution in [0.3, 0.4) is 0 Å². The first-order valence-corrected chi connectivity index (χ1v) is 9.93. The summed E-state index contributed by atoms with van der Waals surface area (Å²) in [5.74, 6) is 1.03. The third-order valence-electron chi connectivity index (χ3n) is 5.04. The highest BCUT2D eigenvalue weighted by Gasteiger charge is 2.41. The number of nitrogens with zero attached hydrogens (tertiary/aromatic N) is 3. The van der Waals surface area contributed by atoms with Crippen LogP contribution in [0, 0.1) is 10.1 Å². The van der Waals surface area contributed by atoms with Gasteiger partial charge in [-0.05, 0) is 49.0 Å². The van der Waals surface area contributed by atoms with Crippen LogP contribution in [0.1, 0.15) is 30.0 Å². The van der Waals surface area contributed by atoms with E-state index in [4.69, 9.17) is 16.6 Å². The second-order valence-electron chi connectivity index (χ2n) is 6.87. The molecule has 1 aliphatic heterocycles. The molecule has 2 aromatic heterocycles. The highest BCUT2D eigenvalue weighted by atomic mass is 32.1. The van der Waals surface area contributed by atoms with Crippen molar-refractivity contribution in [2.75, 3.05) is 13.2 Å². The van der Waals surface area contributed by atoms with E-state index < -0.39 is 4.92 Å². The molecule has 0 aliphatic carbocycles. The molecule has 0 radical (unpaired) electrons. The van der Waals surface area contributed by atoms with Crippen molar-refractivity contribution in [3.8, 4) is 11.3 Å². The number of aliphatic hydroxyl groups excluding tert-OH is 1. The Kier molecular flexibility index (Phi) is 5.73. The van der Waals surface area contributed by atoms with Gasteiger partial charge in [-0.15, -0.1) is 0 Å². The van der Waals surface area contributed by atoms with Crippen LogP contribution in [-0.4, -0.2) is 38.2 Å². The summed E-state index contributed by atoms with van der Waals surface area (Å²) >= 11 is 5.54. The average Bonchev–Trinajstić information content (AvgIpc) is 3.37. The summed E-state index contributed by atoms with van der Waals surface area (Å²) in [4.78, 5) is 17.4. The van der Waals surface area contributed by atoms with Gasteiger partial charge >= 0.3 is 0 Å². The number of thiocarbonyl (C=S) groups is 1. The van der Waals surface area contributed by atoms with Crippen molar-refractivity contribution in [1.29, 1.82) is 0 Å². The molecule has 1 aliphatic rings. The summed E-state index contributed by atoms with van der Waals surface area (Å²) in [6.45, 7) is 0.581. The van der Waals surface area contributed by atoms with E-state index in [0.717, 1.165) is 5.69 Å². The van der Waals surface area contributed by atoms with Crippen molar-refractivity contribution in [3.05, 3.63) is 82.4 Å². The first kappa shape index (κ1) is 20.0. The fourth-order valence-electron chi connectivity index (χ4n) is 3.69. The predicted octanol–water partition coefficient (Wildman–Crippen LogP) is 3.60. The van der Waals surface area contributed by atoms with E-state index in [2.05, 4.69) is 10.3 Å². The third-order valence-corrected chi connectivity index (χ3v) is 5.39. The van der Waals surface area contributed by atoms with E-state index in [1.165, 1.54) is 6.07 Å². The molecule has 1 fully saturated rings. The first-order valence-electron chi connectivity index (χ1n) is 9.52. The number of pyridine rings is 1. The molecule has 2 unspecified atom stereocenters. The lowest BCUT2D eigenvalue weighted by molar-refractivity contribution is -0.384. The van der Waals surface area contributed by atoms with Crippen LogP contribution in [0.4, 0.5) is 5.69 Å². The van der Waals surface area contributed by atoms with Crippen molar-refractivity contribution in [3.63, 3.8) is 0 Å². The largest absolute Gasteiger partial charge is 0.459 e. The number of nitro benzene ring substituents is 1. The minimum absolute atomic E-state index is 0.0168. The summed E-state index contributed by atoms with van der Waals surface area (Å²) in [5, 5.41) is 24.6. The van der Waals surface area contributed by atoms with E-state index in [1.54, 1.807) is 30.5 Å². The average molecular weight is 424 g/mol. The highest BCUT2D eigenvalue weighted by molar-refractivity contribution is 7.80. The number of aromatic nitrogens is 1. The zero-order valence-corrected chi connectivity index (χ0v) is 16.8. The van der Waals surface area contributed by atoms with Gasteiger partial charge in [-0.1, -0.05) is 18.2 Å². The summed E-state index contributed by atoms with van der Waals surface area (Å²) in [6.07, 6.45) is 2.26. The summed E-state index contributed by atoms with van der Waals surface area (Å²) in [7, 11) is 0. The van der Waals surface area contributed by atoms with Gasteiger partial charge in [-0.3, -0.25) is 15.1 Å². The molecule has 9 heteroatoms. The van der Waals surface area contributed by atoms with E-state index >= 15 is 0 Å². The number of hydrogen-bond acceptors (Lipinski definition) is 6. The van der Waals surface area contributed by atoms with Gasteiger partial charge in [-0.2, -0.15) is 0 Å². The molecule has 4 rings (SSSR count). The number of benzene rings is 1. The van der Waals surface area contributed by atoms with Crippen LogP contribution in [-0.2, 0) is 0 Å². The molecule has 2 N–H and O–H groups in total. The standard InChI is InChI=1S/C21H20N4O4S/c26-13-5-12-24-20(19(23-21(24)30)15-7-3-4-11-22-15)18-10-9-17(29-18)14-6-1-2-8-16(14)25(27)28/h1-4,6-11,19-20,26H,5,12-13H2,(H,23,30). The van der Waals surface area contributed by atoms with Crippen molar-refractivity contribution < 1.29 is 14.4 Å². The van der Waals surface area contributed by atoms with Crippen molar-refractivity contribution in [1.82, 2.24) is 15.2 Å². The quantitative estimate of drug-likeness (QED) is 0.337. The van der Waals surface area contributed by atoms with Crippen molar-refractivity contribution in [2.24, 2.45) is 0 Å². The number of rotatable bonds is 7. The van der Waals surface area contributed by atoms with Crippen LogP contribution in [0.5, 0.6) is 0 Å². The molecule has 154 valence electrons. The van der Waals surface area contributed by atoms with E-state index in [0.29, 0.717) is 35.2 Å². The maximum Gasteiger partial charge on any atom is 0.280 e. The molecule has 3 aromatic rings. The molecular weight excluding hydrogens is 404 g/mol. The lowest BCUT2D eigenvalue weighted by Gasteiger charge is -2.25. The van der Waals surface area contributed by atoms with E-state index in [-0.39, 0.29) is 24.4 Å². The van der Waals surface area contributed by atoms with Gasteiger partial charge in [0.1, 0.15) is 17.6 Å². The molecule has 0 saturated carbocycles. The van der Waals surface area contributed by atoms with Crippen LogP contribution in [0.15, 0.2) is 65.2 Å². The Bertz CT molecular complexity index is 1060. The van der Waals surface area contributed by atoms with E-state index in [9.17, 15) is 15.2 Å². The van der Waals surface area contributed by atoms with Gasteiger partial charge in [0.2, 0.25) is 0 Å². The molecule has 8 nitrogen and oxygen atoms in total. The van der Waals surface area contributed by atoms with Crippen LogP contribution in [0.25, 0.3) is 11.3 Å². The Morgan fingerprint density at radius 3 is 2.73 bits per heavy atom. The zero-order valence-electron chi connectivity index (χ0n) is 16.0. The summed E-state index contributed by atoms with van der Waals surface area (Å²) < 4.78 is 6.12. The van der Waals surface area contributed by atoms with Gasteiger partial charge in [-0.25, -0.2) is 0 Å². The fraction of sp³-hybridized carbons (Fsp3) is 0.238. The Morgan fingerprint density at radius 1 is 1.20 bits per heavy atom. The molecule has 30 heavy (non-hydrogen) atoms. The first-order chi connectivity index (χ1) is 14.6. The lowest BCUT2D eigenvalue weighted by atomic mass is 10.0. The summed E-state index contributed by atoms with van der Waals surface area (Å²) in [5.41, 5.74) is 1.20. The van der Waals surface area contributed by atoms with Crippen LogP contribution in [0.2, 0.25) is 0 Å². The Balaban J connectivity index is 1.74. The predicted molar refractivity (Wildman–Crippen MR) is 115 cm³/mol. The van der Waals surface area contributed by atoms with Crippen LogP contribution < -0.4 is 5.32 Å². The number of aliphatic hydroxyl groups is 1. The Morgan fingerprint density at radius 2 is 2.00 bits per heavy atom. The molecule has 2 atom stereocenters. The fourth-order valence-corrected chi connectivity index (χ4v) is 4.03. The Hall–Kier alpha value is -3.30. The number of hydrogen-bond donors (Lipinski definition) is 2. The minimum Gasteiger partial charge on any atom is -0.459 e. The topological polar surface area (TPSA) is 105 Å². The van der Waals surface area contributed by atoms with Gasteiger partial charge in [0.15, 0.2) is 5.11 Å². The third kappa shape index (κ3) is 3.77. The molecule has 1 aromatic carbocycles. The van der Waals surface area contributed by atoms with E-state index in [1.807, 2.05) is 29.2 Å². The normalized spacial score (nSPS) is 18.4. The molecule has 0 bridgehead atoms. The maximum absolute atomic E-state index is 11.4. The number of nitro groups is 1. The second-order valence-corrected chi connectivity index (χ2v) is 7.26. The smallest absolute Gasteiger partial charge is 0.280 e. The monoisotopic (exact) mass is 424 g/mol. The number of furan rings is 1. The van der Waals surface area contributed by atoms with Gasteiger partial charge in [0, 0.05) is 25.4 Å². The minimum atomic E-state index is -0.423. The maximum atomic E-state index is 11.4. The number of nitrogens with one attached hydrogen (secondary N) is 1. The number of para-hydroxylation sites is 1. The lowest BCUT2D eigenvalue weighted by Crippen LogP contribution is -2.30. The zero-order chi connectivity index (χ0) is 21.1. The molecule has 0 spiro atoms. The van der Waals surface area contributed by atoms with Crippen LogP contribution >= 0.6 is 12.2 Å². The van der Waals surface area contributed by atoms with Gasteiger partial charge < -0.3 is 19.7 Å². The molecule has 3 heterocycles. The van der Waals surface area contributed by atoms with Gasteiger partial charge in [0.25, 0.3) is 5.69 Å². The second kappa shape index (κ2) is 8.60. The highest BCUT2D eigenvalue weighted by Crippen LogP contribution is 2.41. The molecule has 0 amide bonds. The SMILES string of the molecule is O=[N+]([O-])c1ccccc1-c1ccc(C2C(c3ccccn3)NC(=S)N2CCCO)o1. The van der Waals surface area contributed by atoms with Crippen molar-refractivity contribution in [2.45, 2.75) is 18.5 Å². The van der Waals surface area contributed by atoms with Gasteiger partial charge in [0.05, 0.1) is 22.2 Å². The van der Waals surface area contributed by atoms with Crippen molar-refractivity contribution >= 4 is 23.0 Å².